The molecule has 0 bridgehead atoms. The van der Waals surface area contributed by atoms with Crippen molar-refractivity contribution in [2.75, 3.05) is 12.0 Å². The van der Waals surface area contributed by atoms with Crippen LogP contribution in [0.5, 0.6) is 0 Å². The minimum atomic E-state index is -1.71. The maximum absolute atomic E-state index is 12.5. The standard InChI is InChI=1S/C16H27N5O8S/c1-7(17)13(25)20-9(5-11(18)22)15(27)19-8(3-4-30-2)14(26)21-10(16(28)29)6-12(23)24/h7-10H,3-6,17H2,1-2H3,(H2,18,22)(H,19,27)(H,20,25)(H,21,26)(H,23,24)(H,28,29). The van der Waals surface area contributed by atoms with Crippen molar-refractivity contribution in [1.29, 1.82) is 0 Å². The number of nitrogens with one attached hydrogen (secondary N) is 3. The Morgan fingerprint density at radius 1 is 0.867 bits per heavy atom. The first-order chi connectivity index (χ1) is 13.9. The molecule has 0 aromatic heterocycles. The average molecular weight is 449 g/mol. The average Bonchev–Trinajstić information content (AvgIpc) is 2.62. The lowest BCUT2D eigenvalue weighted by atomic mass is 10.1. The van der Waals surface area contributed by atoms with Crippen LogP contribution in [0.4, 0.5) is 0 Å². The van der Waals surface area contributed by atoms with E-state index in [-0.39, 0.29) is 6.42 Å². The molecule has 4 amide bonds. The van der Waals surface area contributed by atoms with Gasteiger partial charge in [0.2, 0.25) is 23.6 Å². The molecule has 0 aromatic rings. The van der Waals surface area contributed by atoms with E-state index in [2.05, 4.69) is 16.0 Å². The van der Waals surface area contributed by atoms with E-state index in [9.17, 15) is 28.8 Å². The third-order valence-electron chi connectivity index (χ3n) is 3.69. The lowest BCUT2D eigenvalue weighted by Crippen LogP contribution is -2.57. The summed E-state index contributed by atoms with van der Waals surface area (Å²) in [6, 6.07) is -5.33. The second-order valence-electron chi connectivity index (χ2n) is 6.36. The Hall–Kier alpha value is -2.87. The Balaban J connectivity index is 5.42. The van der Waals surface area contributed by atoms with Crippen LogP contribution in [0, 0.1) is 0 Å². The molecule has 0 aromatic carbocycles. The molecule has 0 spiro atoms. The summed E-state index contributed by atoms with van der Waals surface area (Å²) in [6.07, 6.45) is 0.389. The van der Waals surface area contributed by atoms with Gasteiger partial charge >= 0.3 is 11.9 Å². The van der Waals surface area contributed by atoms with Gasteiger partial charge in [0, 0.05) is 0 Å². The SMILES string of the molecule is CSCCC(NC(=O)C(CC(N)=O)NC(=O)C(C)N)C(=O)NC(CC(=O)O)C(=O)O. The number of aliphatic carboxylic acids is 2. The Morgan fingerprint density at radius 2 is 1.37 bits per heavy atom. The minimum Gasteiger partial charge on any atom is -0.481 e. The summed E-state index contributed by atoms with van der Waals surface area (Å²) < 4.78 is 0. The normalized spacial score (nSPS) is 14.5. The summed E-state index contributed by atoms with van der Waals surface area (Å²) >= 11 is 1.34. The van der Waals surface area contributed by atoms with E-state index in [0.29, 0.717) is 5.75 Å². The van der Waals surface area contributed by atoms with Gasteiger partial charge in [0.25, 0.3) is 0 Å². The lowest BCUT2D eigenvalue weighted by Gasteiger charge is -2.24. The molecule has 0 radical (unpaired) electrons. The number of carbonyl (C=O) groups is 6. The maximum atomic E-state index is 12.5. The van der Waals surface area contributed by atoms with Gasteiger partial charge in [-0.1, -0.05) is 0 Å². The van der Waals surface area contributed by atoms with Gasteiger partial charge in [-0.05, 0) is 25.4 Å². The number of carboxylic acids is 2. The number of hydrogen-bond donors (Lipinski definition) is 7. The highest BCUT2D eigenvalue weighted by atomic mass is 32.2. The van der Waals surface area contributed by atoms with E-state index in [0.717, 1.165) is 0 Å². The second-order valence-corrected chi connectivity index (χ2v) is 7.35. The van der Waals surface area contributed by atoms with Gasteiger partial charge in [-0.15, -0.1) is 0 Å². The maximum Gasteiger partial charge on any atom is 0.326 e. The third-order valence-corrected chi connectivity index (χ3v) is 4.33. The van der Waals surface area contributed by atoms with Crippen molar-refractivity contribution in [2.24, 2.45) is 11.5 Å². The zero-order valence-corrected chi connectivity index (χ0v) is 17.4. The van der Waals surface area contributed by atoms with Crippen molar-refractivity contribution in [3.8, 4) is 0 Å². The summed E-state index contributed by atoms with van der Waals surface area (Å²) in [7, 11) is 0. The van der Waals surface area contributed by atoms with Gasteiger partial charge in [-0.25, -0.2) is 4.79 Å². The largest absolute Gasteiger partial charge is 0.481 e. The predicted octanol–water partition coefficient (Wildman–Crippen LogP) is -3.02. The lowest BCUT2D eigenvalue weighted by molar-refractivity contribution is -0.147. The van der Waals surface area contributed by atoms with Crippen molar-refractivity contribution in [1.82, 2.24) is 16.0 Å². The zero-order valence-electron chi connectivity index (χ0n) is 16.5. The molecule has 4 atom stereocenters. The van der Waals surface area contributed by atoms with Crippen molar-refractivity contribution in [3.63, 3.8) is 0 Å². The predicted molar refractivity (Wildman–Crippen MR) is 106 cm³/mol. The van der Waals surface area contributed by atoms with Crippen LogP contribution in [0.15, 0.2) is 0 Å². The molecule has 0 aliphatic rings. The molecule has 30 heavy (non-hydrogen) atoms. The minimum absolute atomic E-state index is 0.0721. The number of carbonyl (C=O) groups excluding carboxylic acids is 4. The Labute approximate surface area is 176 Å². The highest BCUT2D eigenvalue weighted by molar-refractivity contribution is 7.98. The van der Waals surface area contributed by atoms with Crippen molar-refractivity contribution >= 4 is 47.3 Å². The summed E-state index contributed by atoms with van der Waals surface area (Å²) in [5, 5.41) is 24.5. The first kappa shape index (κ1) is 27.1. The summed E-state index contributed by atoms with van der Waals surface area (Å²) in [5.41, 5.74) is 10.5. The van der Waals surface area contributed by atoms with E-state index in [1.807, 2.05) is 0 Å². The molecular weight excluding hydrogens is 422 g/mol. The topological polar surface area (TPSA) is 231 Å². The molecule has 170 valence electrons. The molecule has 0 aliphatic heterocycles. The quantitative estimate of drug-likeness (QED) is 0.142. The summed E-state index contributed by atoms with van der Waals surface area (Å²) in [4.78, 5) is 70.0. The monoisotopic (exact) mass is 449 g/mol. The number of thioether (sulfide) groups is 1. The molecule has 9 N–H and O–H groups in total. The Bertz CT molecular complexity index is 672. The molecule has 0 saturated heterocycles. The molecule has 0 rings (SSSR count). The fourth-order valence-electron chi connectivity index (χ4n) is 2.14. The Kier molecular flexibility index (Phi) is 12.1. The number of carboxylic acid groups (broad SMARTS) is 2. The fraction of sp³-hybridized carbons (Fsp3) is 0.625. The van der Waals surface area contributed by atoms with Crippen molar-refractivity contribution in [2.45, 2.75) is 50.4 Å². The van der Waals surface area contributed by atoms with Crippen LogP contribution in [0.2, 0.25) is 0 Å². The highest BCUT2D eigenvalue weighted by Crippen LogP contribution is 2.05. The van der Waals surface area contributed by atoms with Gasteiger partial charge in [-0.3, -0.25) is 24.0 Å². The van der Waals surface area contributed by atoms with Gasteiger partial charge in [0.05, 0.1) is 18.9 Å². The van der Waals surface area contributed by atoms with Crippen LogP contribution in [0.3, 0.4) is 0 Å². The van der Waals surface area contributed by atoms with E-state index in [4.69, 9.17) is 21.7 Å². The highest BCUT2D eigenvalue weighted by Gasteiger charge is 2.31. The molecule has 4 unspecified atom stereocenters. The molecule has 0 saturated carbocycles. The van der Waals surface area contributed by atoms with Gasteiger partial charge in [-0.2, -0.15) is 11.8 Å². The van der Waals surface area contributed by atoms with Crippen molar-refractivity contribution < 1.29 is 39.0 Å². The first-order valence-electron chi connectivity index (χ1n) is 8.77. The van der Waals surface area contributed by atoms with E-state index in [1.54, 1.807) is 6.26 Å². The van der Waals surface area contributed by atoms with E-state index in [1.165, 1.54) is 18.7 Å². The Morgan fingerprint density at radius 3 is 1.80 bits per heavy atom. The van der Waals surface area contributed by atoms with Crippen LogP contribution >= 0.6 is 11.8 Å². The van der Waals surface area contributed by atoms with E-state index >= 15 is 0 Å². The molecule has 0 fully saturated rings. The van der Waals surface area contributed by atoms with Crippen LogP contribution in [-0.4, -0.2) is 82.0 Å². The fourth-order valence-corrected chi connectivity index (χ4v) is 2.61. The third kappa shape index (κ3) is 10.6. The van der Waals surface area contributed by atoms with Crippen molar-refractivity contribution in [3.05, 3.63) is 0 Å². The number of amides is 4. The second kappa shape index (κ2) is 13.4. The first-order valence-corrected chi connectivity index (χ1v) is 10.2. The number of nitrogens with two attached hydrogens (primary N) is 2. The number of primary amides is 1. The molecular formula is C16H27N5O8S. The summed E-state index contributed by atoms with van der Waals surface area (Å²) in [5.74, 6) is -6.06. The molecule has 13 nitrogen and oxygen atoms in total. The van der Waals surface area contributed by atoms with Crippen LogP contribution in [0.1, 0.15) is 26.2 Å². The van der Waals surface area contributed by atoms with Crippen LogP contribution in [-0.2, 0) is 28.8 Å². The molecule has 0 heterocycles. The van der Waals surface area contributed by atoms with Crippen LogP contribution in [0.25, 0.3) is 0 Å². The zero-order chi connectivity index (χ0) is 23.4. The van der Waals surface area contributed by atoms with Gasteiger partial charge in [0.15, 0.2) is 0 Å². The van der Waals surface area contributed by atoms with E-state index < -0.39 is 72.6 Å². The van der Waals surface area contributed by atoms with Gasteiger partial charge < -0.3 is 37.6 Å². The summed E-state index contributed by atoms with van der Waals surface area (Å²) in [6.45, 7) is 1.36. The molecule has 14 heteroatoms. The van der Waals surface area contributed by atoms with Crippen LogP contribution < -0.4 is 27.4 Å². The number of hydrogen-bond acceptors (Lipinski definition) is 8. The number of rotatable bonds is 14. The van der Waals surface area contributed by atoms with Gasteiger partial charge in [0.1, 0.15) is 18.1 Å². The molecule has 0 aliphatic carbocycles. The smallest absolute Gasteiger partial charge is 0.326 e.